The van der Waals surface area contributed by atoms with Gasteiger partial charge in [-0.1, -0.05) is 18.6 Å². The van der Waals surface area contributed by atoms with Gasteiger partial charge in [-0.25, -0.2) is 4.39 Å². The number of alkyl halides is 4. The van der Waals surface area contributed by atoms with Crippen LogP contribution in [0.5, 0.6) is 5.75 Å². The highest BCUT2D eigenvalue weighted by atomic mass is 127. The summed E-state index contributed by atoms with van der Waals surface area (Å²) in [4.78, 5) is 12.6. The maximum Gasteiger partial charge on any atom is 0.416 e. The van der Waals surface area contributed by atoms with Gasteiger partial charge in [-0.2, -0.15) is 13.2 Å². The van der Waals surface area contributed by atoms with Gasteiger partial charge in [-0.05, 0) is 77.7 Å². The lowest BCUT2D eigenvalue weighted by Gasteiger charge is -2.40. The minimum Gasteiger partial charge on any atom is -0.490 e. The van der Waals surface area contributed by atoms with Crippen molar-refractivity contribution in [1.29, 1.82) is 0 Å². The quantitative estimate of drug-likeness (QED) is 0.237. The highest BCUT2D eigenvalue weighted by Crippen LogP contribution is 2.48. The predicted octanol–water partition coefficient (Wildman–Crippen LogP) is 6.31. The van der Waals surface area contributed by atoms with Crippen LogP contribution < -0.4 is 4.74 Å². The van der Waals surface area contributed by atoms with Crippen LogP contribution in [0.1, 0.15) is 37.3 Å². The van der Waals surface area contributed by atoms with Crippen molar-refractivity contribution in [3.8, 4) is 16.9 Å². The van der Waals surface area contributed by atoms with E-state index in [4.69, 9.17) is 9.47 Å². The van der Waals surface area contributed by atoms with E-state index in [1.165, 1.54) is 12.1 Å². The Morgan fingerprint density at radius 1 is 1.17 bits per heavy atom. The van der Waals surface area contributed by atoms with Gasteiger partial charge in [0, 0.05) is 9.13 Å². The van der Waals surface area contributed by atoms with E-state index in [9.17, 15) is 22.4 Å². The van der Waals surface area contributed by atoms with Gasteiger partial charge in [0.05, 0.1) is 17.6 Å². The number of hydrogen-bond donors (Lipinski definition) is 0. The molecule has 1 fully saturated rings. The number of esters is 1. The van der Waals surface area contributed by atoms with Crippen LogP contribution in [0.25, 0.3) is 11.1 Å². The summed E-state index contributed by atoms with van der Waals surface area (Å²) < 4.78 is 63.1. The number of halogens is 5. The molecule has 162 valence electrons. The number of benzene rings is 2. The lowest BCUT2D eigenvalue weighted by Crippen LogP contribution is -2.43. The normalized spacial score (nSPS) is 15.4. The van der Waals surface area contributed by atoms with E-state index >= 15 is 0 Å². The van der Waals surface area contributed by atoms with Gasteiger partial charge in [-0.3, -0.25) is 4.79 Å². The minimum absolute atomic E-state index is 0.195. The van der Waals surface area contributed by atoms with Crippen molar-refractivity contribution in [3.05, 3.63) is 51.1 Å². The topological polar surface area (TPSA) is 35.5 Å². The smallest absolute Gasteiger partial charge is 0.416 e. The van der Waals surface area contributed by atoms with Gasteiger partial charge in [0.2, 0.25) is 0 Å². The molecule has 0 spiro atoms. The molecule has 8 heteroatoms. The summed E-state index contributed by atoms with van der Waals surface area (Å²) in [5.41, 5.74) is 0.301. The van der Waals surface area contributed by atoms with Gasteiger partial charge in [0.1, 0.15) is 19.0 Å². The SMILES string of the molecule is CCOC(=O)C1(c2cc(I)c(-c3ccc(C(F)(F)F)cc3)c(OCCF)c2)CCC1. The lowest BCUT2D eigenvalue weighted by molar-refractivity contribution is -0.154. The minimum atomic E-state index is -4.43. The molecule has 0 aliphatic heterocycles. The highest BCUT2D eigenvalue weighted by Gasteiger charge is 2.47. The Kier molecular flexibility index (Phi) is 6.94. The second kappa shape index (κ2) is 9.11. The van der Waals surface area contributed by atoms with Crippen molar-refractivity contribution >= 4 is 28.6 Å². The van der Waals surface area contributed by atoms with Gasteiger partial charge in [-0.15, -0.1) is 0 Å². The van der Waals surface area contributed by atoms with Crippen LogP contribution in [0.4, 0.5) is 17.6 Å². The Hall–Kier alpha value is -1.84. The van der Waals surface area contributed by atoms with Crippen LogP contribution in [0.2, 0.25) is 0 Å². The first-order chi connectivity index (χ1) is 14.2. The third-order valence-electron chi connectivity index (χ3n) is 5.32. The molecule has 30 heavy (non-hydrogen) atoms. The first kappa shape index (κ1) is 22.8. The molecule has 0 amide bonds. The van der Waals surface area contributed by atoms with Crippen molar-refractivity contribution in [2.24, 2.45) is 0 Å². The molecule has 1 aliphatic carbocycles. The van der Waals surface area contributed by atoms with Crippen molar-refractivity contribution < 1.29 is 31.8 Å². The second-order valence-electron chi connectivity index (χ2n) is 7.10. The summed E-state index contributed by atoms with van der Waals surface area (Å²) in [6, 6.07) is 8.28. The molecular weight excluding hydrogens is 515 g/mol. The molecule has 0 bridgehead atoms. The molecule has 0 atom stereocenters. The molecule has 0 saturated heterocycles. The third-order valence-corrected chi connectivity index (χ3v) is 6.17. The van der Waals surface area contributed by atoms with E-state index < -0.39 is 23.8 Å². The Morgan fingerprint density at radius 2 is 1.83 bits per heavy atom. The van der Waals surface area contributed by atoms with Crippen LogP contribution >= 0.6 is 22.6 Å². The van der Waals surface area contributed by atoms with Crippen molar-refractivity contribution in [3.63, 3.8) is 0 Å². The highest BCUT2D eigenvalue weighted by molar-refractivity contribution is 14.1. The predicted molar refractivity (Wildman–Crippen MR) is 113 cm³/mol. The Morgan fingerprint density at radius 3 is 2.33 bits per heavy atom. The molecule has 1 saturated carbocycles. The summed E-state index contributed by atoms with van der Waals surface area (Å²) in [6.07, 6.45) is -2.26. The number of carbonyl (C=O) groups excluding carboxylic acids is 1. The van der Waals surface area contributed by atoms with E-state index in [0.717, 1.165) is 24.1 Å². The second-order valence-corrected chi connectivity index (χ2v) is 8.26. The monoisotopic (exact) mass is 536 g/mol. The average Bonchev–Trinajstić information content (AvgIpc) is 2.65. The van der Waals surface area contributed by atoms with E-state index in [0.29, 0.717) is 33.3 Å². The molecular formula is C22H21F4IO3. The zero-order valence-electron chi connectivity index (χ0n) is 16.3. The third kappa shape index (κ3) is 4.43. The van der Waals surface area contributed by atoms with Crippen molar-refractivity contribution in [2.45, 2.75) is 37.8 Å². The Balaban J connectivity index is 2.07. The fourth-order valence-corrected chi connectivity index (χ4v) is 4.55. The number of hydrogen-bond acceptors (Lipinski definition) is 3. The summed E-state index contributed by atoms with van der Waals surface area (Å²) in [7, 11) is 0. The van der Waals surface area contributed by atoms with Crippen LogP contribution in [0.15, 0.2) is 36.4 Å². The molecule has 0 heterocycles. The first-order valence-corrected chi connectivity index (χ1v) is 10.7. The molecule has 0 radical (unpaired) electrons. The molecule has 1 aliphatic rings. The van der Waals surface area contributed by atoms with Gasteiger partial charge >= 0.3 is 12.1 Å². The van der Waals surface area contributed by atoms with E-state index in [2.05, 4.69) is 22.6 Å². The fourth-order valence-electron chi connectivity index (χ4n) is 3.64. The first-order valence-electron chi connectivity index (χ1n) is 9.60. The Bertz CT molecular complexity index is 906. The largest absolute Gasteiger partial charge is 0.490 e. The molecule has 0 unspecified atom stereocenters. The lowest BCUT2D eigenvalue weighted by atomic mass is 9.64. The van der Waals surface area contributed by atoms with Crippen molar-refractivity contribution in [1.82, 2.24) is 0 Å². The molecule has 3 rings (SSSR count). The van der Waals surface area contributed by atoms with E-state index in [1.807, 2.05) is 6.07 Å². The number of ether oxygens (including phenoxy) is 2. The number of carbonyl (C=O) groups is 1. The summed E-state index contributed by atoms with van der Waals surface area (Å²) in [5.74, 6) is 0.0376. The molecule has 0 N–H and O–H groups in total. The van der Waals surface area contributed by atoms with Crippen LogP contribution in [-0.2, 0) is 21.1 Å². The van der Waals surface area contributed by atoms with Crippen molar-refractivity contribution in [2.75, 3.05) is 19.9 Å². The summed E-state index contributed by atoms with van der Waals surface area (Å²) in [6.45, 7) is 1.11. The molecule has 2 aromatic rings. The van der Waals surface area contributed by atoms with Crippen LogP contribution in [-0.4, -0.2) is 25.9 Å². The molecule has 0 aromatic heterocycles. The maximum atomic E-state index is 12.9. The zero-order valence-corrected chi connectivity index (χ0v) is 18.5. The van der Waals surface area contributed by atoms with Gasteiger partial charge < -0.3 is 9.47 Å². The summed E-state index contributed by atoms with van der Waals surface area (Å²) in [5, 5.41) is 0. The van der Waals surface area contributed by atoms with E-state index in [-0.39, 0.29) is 19.2 Å². The van der Waals surface area contributed by atoms with E-state index in [1.54, 1.807) is 13.0 Å². The fraction of sp³-hybridized carbons (Fsp3) is 0.409. The maximum absolute atomic E-state index is 12.9. The molecule has 2 aromatic carbocycles. The molecule has 3 nitrogen and oxygen atoms in total. The Labute approximate surface area is 185 Å². The number of rotatable bonds is 7. The van der Waals surface area contributed by atoms with Crippen LogP contribution in [0, 0.1) is 3.57 Å². The van der Waals surface area contributed by atoms with Gasteiger partial charge in [0.25, 0.3) is 0 Å². The average molecular weight is 536 g/mol. The zero-order chi connectivity index (χ0) is 21.9. The van der Waals surface area contributed by atoms with Crippen LogP contribution in [0.3, 0.4) is 0 Å². The standard InChI is InChI=1S/C22H21F4IO3/c1-2-29-20(28)21(8-3-9-21)16-12-17(27)19(18(13-16)30-11-10-23)14-4-6-15(7-5-14)22(24,25)26/h4-7,12-13H,2-3,8-11H2,1H3. The summed E-state index contributed by atoms with van der Waals surface area (Å²) >= 11 is 2.07. The van der Waals surface area contributed by atoms with Gasteiger partial charge in [0.15, 0.2) is 0 Å².